The molecule has 15 heavy (non-hydrogen) atoms. The lowest BCUT2D eigenvalue weighted by Crippen LogP contribution is -2.37. The van der Waals surface area contributed by atoms with Gasteiger partial charge in [-0.1, -0.05) is 6.07 Å². The van der Waals surface area contributed by atoms with E-state index in [1.54, 1.807) is 0 Å². The monoisotopic (exact) mass is 336 g/mol. The highest BCUT2D eigenvalue weighted by Gasteiger charge is 2.12. The first-order valence-corrected chi connectivity index (χ1v) is 5.77. The van der Waals surface area contributed by atoms with Crippen LogP contribution >= 0.6 is 31.9 Å². The first-order chi connectivity index (χ1) is 7.02. The van der Waals surface area contributed by atoms with Gasteiger partial charge >= 0.3 is 5.97 Å². The zero-order valence-electron chi connectivity index (χ0n) is 7.71. The van der Waals surface area contributed by atoms with E-state index in [0.717, 1.165) is 14.6 Å². The zero-order valence-corrected chi connectivity index (χ0v) is 10.9. The summed E-state index contributed by atoms with van der Waals surface area (Å²) < 4.78 is 1.71. The summed E-state index contributed by atoms with van der Waals surface area (Å²) in [6, 6.07) is 4.68. The first-order valence-electron chi connectivity index (χ1n) is 4.18. The molecule has 82 valence electrons. The van der Waals surface area contributed by atoms with Crippen molar-refractivity contribution < 1.29 is 9.90 Å². The fraction of sp³-hybridized carbons (Fsp3) is 0.222. The predicted octanol–water partition coefficient (Wildman–Crippen LogP) is 2.04. The molecule has 1 aromatic carbocycles. The maximum atomic E-state index is 10.5. The Morgan fingerprint density at radius 3 is 2.47 bits per heavy atom. The summed E-state index contributed by atoms with van der Waals surface area (Å²) in [5.74, 6) is -1.02. The lowest BCUT2D eigenvalue weighted by Gasteiger charge is -2.12. The quantitative estimate of drug-likeness (QED) is 0.785. The van der Waals surface area contributed by atoms with Crippen LogP contribution in [0.15, 0.2) is 27.1 Å². The highest BCUT2D eigenvalue weighted by atomic mass is 79.9. The van der Waals surface area contributed by atoms with Crippen molar-refractivity contribution >= 4 is 43.5 Å². The van der Waals surface area contributed by atoms with E-state index in [1.807, 2.05) is 18.2 Å². The van der Waals surface area contributed by atoms with E-state index < -0.39 is 12.0 Å². The minimum atomic E-state index is -1.02. The Labute approximate surface area is 104 Å². The number of carboxylic acids is 1. The summed E-state index contributed by atoms with van der Waals surface area (Å²) in [6.45, 7) is 0.177. The number of aliphatic carboxylic acids is 1. The number of halogens is 2. The van der Waals surface area contributed by atoms with Gasteiger partial charge in [-0.15, -0.1) is 0 Å². The van der Waals surface area contributed by atoms with Gasteiger partial charge in [-0.25, -0.2) is 0 Å². The van der Waals surface area contributed by atoms with E-state index in [2.05, 4.69) is 37.2 Å². The summed E-state index contributed by atoms with van der Waals surface area (Å²) in [5.41, 5.74) is 6.17. The van der Waals surface area contributed by atoms with Gasteiger partial charge in [-0.05, 0) is 44.0 Å². The Hall–Kier alpha value is -0.590. The third kappa shape index (κ3) is 3.48. The number of anilines is 1. The molecule has 0 heterocycles. The number of hydrogen-bond acceptors (Lipinski definition) is 3. The van der Waals surface area contributed by atoms with Crippen LogP contribution in [0, 0.1) is 0 Å². The minimum Gasteiger partial charge on any atom is -0.480 e. The van der Waals surface area contributed by atoms with Gasteiger partial charge in [0.15, 0.2) is 0 Å². The molecule has 0 radical (unpaired) electrons. The van der Waals surface area contributed by atoms with Gasteiger partial charge in [0, 0.05) is 15.5 Å². The van der Waals surface area contributed by atoms with E-state index in [9.17, 15) is 4.79 Å². The summed E-state index contributed by atoms with van der Waals surface area (Å²) in [5, 5.41) is 11.6. The molecule has 4 N–H and O–H groups in total. The molecule has 0 fully saturated rings. The molecule has 0 saturated heterocycles. The Morgan fingerprint density at radius 1 is 1.47 bits per heavy atom. The molecule has 0 aromatic heterocycles. The molecule has 1 rings (SSSR count). The van der Waals surface area contributed by atoms with E-state index in [0.29, 0.717) is 0 Å². The first kappa shape index (κ1) is 12.5. The van der Waals surface area contributed by atoms with Crippen LogP contribution in [0.3, 0.4) is 0 Å². The SMILES string of the molecule is NC(CNc1c(Br)cccc1Br)C(=O)O. The molecule has 0 aliphatic heterocycles. The number of benzene rings is 1. The molecule has 1 atom stereocenters. The van der Waals surface area contributed by atoms with Crippen molar-refractivity contribution in [1.82, 2.24) is 0 Å². The number of para-hydroxylation sites is 1. The van der Waals surface area contributed by atoms with Gasteiger partial charge in [0.2, 0.25) is 0 Å². The largest absolute Gasteiger partial charge is 0.480 e. The second kappa shape index (κ2) is 5.48. The fourth-order valence-corrected chi connectivity index (χ4v) is 2.24. The Morgan fingerprint density at radius 2 is 2.00 bits per heavy atom. The number of rotatable bonds is 4. The second-order valence-electron chi connectivity index (χ2n) is 2.92. The van der Waals surface area contributed by atoms with Crippen molar-refractivity contribution in [2.45, 2.75) is 6.04 Å². The van der Waals surface area contributed by atoms with Gasteiger partial charge in [-0.3, -0.25) is 4.79 Å². The Kier molecular flexibility index (Phi) is 4.56. The number of carbonyl (C=O) groups is 1. The van der Waals surface area contributed by atoms with Gasteiger partial charge < -0.3 is 16.2 Å². The molecule has 1 unspecified atom stereocenters. The fourth-order valence-electron chi connectivity index (χ4n) is 0.966. The maximum Gasteiger partial charge on any atom is 0.322 e. The highest BCUT2D eigenvalue weighted by molar-refractivity contribution is 9.11. The molecule has 0 aliphatic carbocycles. The average Bonchev–Trinajstić information content (AvgIpc) is 2.16. The molecule has 0 aliphatic rings. The van der Waals surface area contributed by atoms with Crippen LogP contribution < -0.4 is 11.1 Å². The van der Waals surface area contributed by atoms with Crippen LogP contribution in [-0.2, 0) is 4.79 Å². The molecule has 0 saturated carbocycles. The lowest BCUT2D eigenvalue weighted by atomic mass is 10.3. The predicted molar refractivity (Wildman–Crippen MR) is 65.9 cm³/mol. The standard InChI is InChI=1S/C9H10Br2N2O2/c10-5-2-1-3-6(11)8(5)13-4-7(12)9(14)15/h1-3,7,13H,4,12H2,(H,14,15). The van der Waals surface area contributed by atoms with Crippen molar-refractivity contribution in [3.05, 3.63) is 27.1 Å². The van der Waals surface area contributed by atoms with Crippen LogP contribution in [0.1, 0.15) is 0 Å². The Bertz CT molecular complexity index is 351. The normalized spacial score (nSPS) is 12.2. The third-order valence-electron chi connectivity index (χ3n) is 1.78. The second-order valence-corrected chi connectivity index (χ2v) is 4.63. The molecular weight excluding hydrogens is 328 g/mol. The van der Waals surface area contributed by atoms with E-state index in [-0.39, 0.29) is 6.54 Å². The highest BCUT2D eigenvalue weighted by Crippen LogP contribution is 2.30. The molecule has 0 spiro atoms. The van der Waals surface area contributed by atoms with Crippen molar-refractivity contribution in [3.8, 4) is 0 Å². The van der Waals surface area contributed by atoms with Crippen LogP contribution in [0.4, 0.5) is 5.69 Å². The van der Waals surface area contributed by atoms with Crippen LogP contribution in [-0.4, -0.2) is 23.7 Å². The van der Waals surface area contributed by atoms with E-state index in [1.165, 1.54) is 0 Å². The van der Waals surface area contributed by atoms with Crippen LogP contribution in [0.2, 0.25) is 0 Å². The molecule has 6 heteroatoms. The van der Waals surface area contributed by atoms with Crippen molar-refractivity contribution in [3.63, 3.8) is 0 Å². The van der Waals surface area contributed by atoms with Gasteiger partial charge in [0.05, 0.1) is 5.69 Å². The lowest BCUT2D eigenvalue weighted by molar-refractivity contribution is -0.138. The summed E-state index contributed by atoms with van der Waals surface area (Å²) >= 11 is 6.71. The van der Waals surface area contributed by atoms with E-state index >= 15 is 0 Å². The number of hydrogen-bond donors (Lipinski definition) is 3. The number of nitrogens with two attached hydrogens (primary N) is 1. The zero-order chi connectivity index (χ0) is 11.4. The summed E-state index contributed by atoms with van der Waals surface area (Å²) in [7, 11) is 0. The molecular formula is C9H10Br2N2O2. The van der Waals surface area contributed by atoms with Crippen molar-refractivity contribution in [2.24, 2.45) is 5.73 Å². The third-order valence-corrected chi connectivity index (χ3v) is 3.10. The van der Waals surface area contributed by atoms with Crippen molar-refractivity contribution in [1.29, 1.82) is 0 Å². The van der Waals surface area contributed by atoms with Gasteiger partial charge in [0.25, 0.3) is 0 Å². The Balaban J connectivity index is 2.69. The molecule has 0 bridgehead atoms. The number of nitrogens with one attached hydrogen (secondary N) is 1. The van der Waals surface area contributed by atoms with E-state index in [4.69, 9.17) is 10.8 Å². The molecule has 4 nitrogen and oxygen atoms in total. The maximum absolute atomic E-state index is 10.5. The minimum absolute atomic E-state index is 0.177. The molecule has 1 aromatic rings. The van der Waals surface area contributed by atoms with Crippen molar-refractivity contribution in [2.75, 3.05) is 11.9 Å². The topological polar surface area (TPSA) is 75.3 Å². The average molecular weight is 338 g/mol. The van der Waals surface area contributed by atoms with Crippen LogP contribution in [0.5, 0.6) is 0 Å². The number of carboxylic acid groups (broad SMARTS) is 1. The summed E-state index contributed by atoms with van der Waals surface area (Å²) in [6.07, 6.45) is 0. The smallest absolute Gasteiger partial charge is 0.322 e. The van der Waals surface area contributed by atoms with Gasteiger partial charge in [-0.2, -0.15) is 0 Å². The summed E-state index contributed by atoms with van der Waals surface area (Å²) in [4.78, 5) is 10.5. The van der Waals surface area contributed by atoms with Gasteiger partial charge in [0.1, 0.15) is 6.04 Å². The van der Waals surface area contributed by atoms with Crippen LogP contribution in [0.25, 0.3) is 0 Å². The molecule has 0 amide bonds.